The summed E-state index contributed by atoms with van der Waals surface area (Å²) in [6.07, 6.45) is 0.270. The molecule has 1 fully saturated rings. The van der Waals surface area contributed by atoms with Crippen LogP contribution in [0.25, 0.3) is 0 Å². The van der Waals surface area contributed by atoms with E-state index >= 15 is 0 Å². The number of sulfonamides is 1. The molecule has 0 spiro atoms. The van der Waals surface area contributed by atoms with Gasteiger partial charge >= 0.3 is 5.97 Å². The smallest absolute Gasteiger partial charge is 0.345 e. The second-order valence-electron chi connectivity index (χ2n) is 4.69. The monoisotopic (exact) mass is 353 g/mol. The van der Waals surface area contributed by atoms with Gasteiger partial charge in [0.1, 0.15) is 9.09 Å². The maximum absolute atomic E-state index is 12.5. The first-order valence-corrected chi connectivity index (χ1v) is 10.3. The van der Waals surface area contributed by atoms with Crippen molar-refractivity contribution < 1.29 is 26.7 Å². The maximum Gasteiger partial charge on any atom is 0.345 e. The maximum atomic E-state index is 12.5. The van der Waals surface area contributed by atoms with Crippen molar-refractivity contribution >= 4 is 37.2 Å². The highest BCUT2D eigenvalue weighted by molar-refractivity contribution is 7.92. The molecular weight excluding hydrogens is 338 g/mol. The topological polar surface area (TPSA) is 109 Å². The molecule has 1 unspecified atom stereocenters. The van der Waals surface area contributed by atoms with E-state index in [1.54, 1.807) is 6.92 Å². The quantitative estimate of drug-likeness (QED) is 0.832. The first-order valence-electron chi connectivity index (χ1n) is 6.23. The summed E-state index contributed by atoms with van der Waals surface area (Å²) in [5, 5.41) is 8.86. The van der Waals surface area contributed by atoms with Crippen LogP contribution in [0.2, 0.25) is 0 Å². The van der Waals surface area contributed by atoms with Crippen molar-refractivity contribution in [3.05, 3.63) is 17.0 Å². The van der Waals surface area contributed by atoms with Gasteiger partial charge in [-0.25, -0.2) is 21.6 Å². The van der Waals surface area contributed by atoms with Gasteiger partial charge in [0.05, 0.1) is 11.5 Å². The van der Waals surface area contributed by atoms with Gasteiger partial charge in [0.15, 0.2) is 9.84 Å². The second kappa shape index (κ2) is 5.67. The number of aromatic carboxylic acids is 1. The average molecular weight is 353 g/mol. The lowest BCUT2D eigenvalue weighted by Gasteiger charge is -2.25. The highest BCUT2D eigenvalue weighted by atomic mass is 32.2. The van der Waals surface area contributed by atoms with E-state index in [0.717, 1.165) is 4.31 Å². The van der Waals surface area contributed by atoms with Crippen LogP contribution in [-0.4, -0.2) is 56.3 Å². The fourth-order valence-electron chi connectivity index (χ4n) is 2.32. The van der Waals surface area contributed by atoms with E-state index in [-0.39, 0.29) is 33.6 Å². The molecule has 7 nitrogen and oxygen atoms in total. The Balaban J connectivity index is 2.33. The van der Waals surface area contributed by atoms with E-state index in [9.17, 15) is 21.6 Å². The zero-order chi connectivity index (χ0) is 15.8. The van der Waals surface area contributed by atoms with Crippen molar-refractivity contribution in [2.75, 3.05) is 18.1 Å². The molecule has 1 aliphatic rings. The van der Waals surface area contributed by atoms with E-state index in [1.165, 1.54) is 12.1 Å². The molecule has 0 aromatic carbocycles. The summed E-state index contributed by atoms with van der Waals surface area (Å²) in [5.74, 6) is -1.39. The van der Waals surface area contributed by atoms with Gasteiger partial charge in [0.25, 0.3) is 10.0 Å². The molecule has 0 radical (unpaired) electrons. The molecule has 118 valence electrons. The molecule has 1 aromatic heterocycles. The van der Waals surface area contributed by atoms with E-state index in [4.69, 9.17) is 5.11 Å². The number of nitrogens with zero attached hydrogens (tertiary/aromatic N) is 1. The van der Waals surface area contributed by atoms with E-state index in [2.05, 4.69) is 0 Å². The lowest BCUT2D eigenvalue weighted by molar-refractivity contribution is 0.0702. The molecule has 0 bridgehead atoms. The van der Waals surface area contributed by atoms with Gasteiger partial charge < -0.3 is 5.11 Å². The summed E-state index contributed by atoms with van der Waals surface area (Å²) in [4.78, 5) is 10.8. The van der Waals surface area contributed by atoms with Gasteiger partial charge in [-0.2, -0.15) is 4.31 Å². The van der Waals surface area contributed by atoms with Gasteiger partial charge in [-0.05, 0) is 18.6 Å². The largest absolute Gasteiger partial charge is 0.477 e. The summed E-state index contributed by atoms with van der Waals surface area (Å²) in [6, 6.07) is 1.90. The Hall–Kier alpha value is -0.970. The van der Waals surface area contributed by atoms with Crippen LogP contribution in [0, 0.1) is 0 Å². The standard InChI is InChI=1S/C11H15NO6S3/c1-2-12(8-5-6-20(15,16)7-8)21(17,18)10-4-3-9(19-10)11(13)14/h3-4,8H,2,5-7H2,1H3,(H,13,14). The van der Waals surface area contributed by atoms with Gasteiger partial charge in [0, 0.05) is 12.6 Å². The van der Waals surface area contributed by atoms with Crippen molar-refractivity contribution in [1.82, 2.24) is 4.31 Å². The van der Waals surface area contributed by atoms with Gasteiger partial charge in [-0.3, -0.25) is 0 Å². The van der Waals surface area contributed by atoms with Gasteiger partial charge in [-0.1, -0.05) is 6.92 Å². The molecule has 2 rings (SSSR count). The Morgan fingerprint density at radius 1 is 1.48 bits per heavy atom. The van der Waals surface area contributed by atoms with Crippen LogP contribution >= 0.6 is 11.3 Å². The van der Waals surface area contributed by atoms with Crippen LogP contribution in [0.3, 0.4) is 0 Å². The molecule has 10 heteroatoms. The van der Waals surface area contributed by atoms with Crippen molar-refractivity contribution in [1.29, 1.82) is 0 Å². The van der Waals surface area contributed by atoms with Crippen LogP contribution in [0.1, 0.15) is 23.0 Å². The van der Waals surface area contributed by atoms with Crippen LogP contribution in [0.15, 0.2) is 16.3 Å². The summed E-state index contributed by atoms with van der Waals surface area (Å²) >= 11 is 0.672. The fourth-order valence-corrected chi connectivity index (χ4v) is 7.08. The van der Waals surface area contributed by atoms with Crippen molar-refractivity contribution in [2.24, 2.45) is 0 Å². The molecular formula is C11H15NO6S3. The number of sulfone groups is 1. The molecule has 1 aromatic rings. The van der Waals surface area contributed by atoms with Crippen LogP contribution in [0.4, 0.5) is 0 Å². The minimum absolute atomic E-state index is 0.0193. The average Bonchev–Trinajstić information content (AvgIpc) is 2.97. The Labute approximate surface area is 127 Å². The predicted molar refractivity (Wildman–Crippen MR) is 77.9 cm³/mol. The highest BCUT2D eigenvalue weighted by Gasteiger charge is 2.38. The molecule has 0 saturated carbocycles. The summed E-state index contributed by atoms with van der Waals surface area (Å²) in [5.41, 5.74) is 0. The van der Waals surface area contributed by atoms with Crippen LogP contribution in [-0.2, 0) is 19.9 Å². The molecule has 0 amide bonds. The molecule has 0 aliphatic carbocycles. The Morgan fingerprint density at radius 2 is 2.14 bits per heavy atom. The minimum Gasteiger partial charge on any atom is -0.477 e. The summed E-state index contributed by atoms with van der Waals surface area (Å²) < 4.78 is 49.2. The number of carboxylic acid groups (broad SMARTS) is 1. The SMILES string of the molecule is CCN(C1CCS(=O)(=O)C1)S(=O)(=O)c1ccc(C(=O)O)s1. The normalized spacial score (nSPS) is 21.7. The summed E-state index contributed by atoms with van der Waals surface area (Å²) in [7, 11) is -7.07. The zero-order valence-corrected chi connectivity index (χ0v) is 13.7. The number of carboxylic acids is 1. The first kappa shape index (κ1) is 16.4. The van der Waals surface area contributed by atoms with E-state index < -0.39 is 31.9 Å². The minimum atomic E-state index is -3.87. The predicted octanol–water partition coefficient (Wildman–Crippen LogP) is 0.644. The first-order chi connectivity index (χ1) is 9.67. The third-order valence-corrected chi connectivity index (χ3v) is 8.60. The van der Waals surface area contributed by atoms with Crippen molar-refractivity contribution in [2.45, 2.75) is 23.6 Å². The Bertz CT molecular complexity index is 749. The molecule has 1 saturated heterocycles. The Kier molecular flexibility index (Phi) is 4.43. The lowest BCUT2D eigenvalue weighted by atomic mass is 10.3. The third-order valence-electron chi connectivity index (χ3n) is 3.28. The van der Waals surface area contributed by atoms with Gasteiger partial charge in [0.2, 0.25) is 0 Å². The molecule has 2 heterocycles. The number of carbonyl (C=O) groups is 1. The third kappa shape index (κ3) is 3.28. The van der Waals surface area contributed by atoms with E-state index in [0.29, 0.717) is 11.3 Å². The van der Waals surface area contributed by atoms with Crippen LogP contribution in [0.5, 0.6) is 0 Å². The van der Waals surface area contributed by atoms with Crippen molar-refractivity contribution in [3.63, 3.8) is 0 Å². The van der Waals surface area contributed by atoms with Crippen molar-refractivity contribution in [3.8, 4) is 0 Å². The van der Waals surface area contributed by atoms with E-state index in [1.807, 2.05) is 0 Å². The van der Waals surface area contributed by atoms with Crippen LogP contribution < -0.4 is 0 Å². The second-order valence-corrected chi connectivity index (χ2v) is 10.1. The number of rotatable bonds is 5. The highest BCUT2D eigenvalue weighted by Crippen LogP contribution is 2.29. The fraction of sp³-hybridized carbons (Fsp3) is 0.545. The molecule has 21 heavy (non-hydrogen) atoms. The number of thiophene rings is 1. The van der Waals surface area contributed by atoms with Gasteiger partial charge in [-0.15, -0.1) is 11.3 Å². The number of hydrogen-bond donors (Lipinski definition) is 1. The zero-order valence-electron chi connectivity index (χ0n) is 11.2. The molecule has 1 atom stereocenters. The Morgan fingerprint density at radius 3 is 2.57 bits per heavy atom. The number of hydrogen-bond acceptors (Lipinski definition) is 6. The summed E-state index contributed by atoms with van der Waals surface area (Å²) in [6.45, 7) is 1.77. The molecule has 1 N–H and O–H groups in total. The molecule has 1 aliphatic heterocycles. The lowest BCUT2D eigenvalue weighted by Crippen LogP contribution is -2.40.